The molecule has 2 nitrogen and oxygen atoms in total. The summed E-state index contributed by atoms with van der Waals surface area (Å²) < 4.78 is 19.1. The molecule has 1 aromatic carbocycles. The molecule has 104 valence electrons. The van der Waals surface area contributed by atoms with Crippen LogP contribution in [0.3, 0.4) is 0 Å². The second-order valence-electron chi connectivity index (χ2n) is 5.91. The van der Waals surface area contributed by atoms with Crippen LogP contribution in [0.15, 0.2) is 18.2 Å². The first-order valence-corrected chi connectivity index (χ1v) is 7.36. The van der Waals surface area contributed by atoms with Gasteiger partial charge in [0.05, 0.1) is 6.10 Å². The lowest BCUT2D eigenvalue weighted by Gasteiger charge is -2.33. The molecule has 0 spiro atoms. The largest absolute Gasteiger partial charge is 0.490 e. The standard InChI is InChI=1S/C16H21FO2/c17-12-6-7-14-15(18)10-13(19-16(14)9-12)8-11-4-2-1-3-5-11/h6-7,9,11,13,15,18H,1-5,8,10H2/t13?,15-/m1/s1. The minimum absolute atomic E-state index is 0.0346. The third-order valence-electron chi connectivity index (χ3n) is 4.44. The van der Waals surface area contributed by atoms with Crippen LogP contribution < -0.4 is 4.74 Å². The molecule has 3 rings (SSSR count). The average molecular weight is 264 g/mol. The fourth-order valence-corrected chi connectivity index (χ4v) is 3.43. The van der Waals surface area contributed by atoms with E-state index in [1.165, 1.54) is 44.2 Å². The highest BCUT2D eigenvalue weighted by atomic mass is 19.1. The highest BCUT2D eigenvalue weighted by molar-refractivity contribution is 5.37. The Hall–Kier alpha value is -1.09. The quantitative estimate of drug-likeness (QED) is 0.875. The summed E-state index contributed by atoms with van der Waals surface area (Å²) in [5.41, 5.74) is 0.723. The third kappa shape index (κ3) is 2.92. The minimum Gasteiger partial charge on any atom is -0.490 e. The van der Waals surface area contributed by atoms with Crippen LogP contribution in [0, 0.1) is 11.7 Å². The molecular weight excluding hydrogens is 243 g/mol. The lowest BCUT2D eigenvalue weighted by atomic mass is 9.83. The number of fused-ring (bicyclic) bond motifs is 1. The predicted octanol–water partition coefficient (Wildman–Crippen LogP) is 3.98. The molecule has 1 aliphatic carbocycles. The van der Waals surface area contributed by atoms with Crippen LogP contribution in [-0.2, 0) is 0 Å². The number of benzene rings is 1. The minimum atomic E-state index is -0.516. The lowest BCUT2D eigenvalue weighted by Crippen LogP contribution is -2.28. The predicted molar refractivity (Wildman–Crippen MR) is 71.6 cm³/mol. The third-order valence-corrected chi connectivity index (χ3v) is 4.44. The molecule has 1 heterocycles. The van der Waals surface area contributed by atoms with Gasteiger partial charge in [-0.1, -0.05) is 32.1 Å². The Balaban J connectivity index is 1.69. The molecule has 0 bridgehead atoms. The van der Waals surface area contributed by atoms with Gasteiger partial charge in [0.2, 0.25) is 0 Å². The fraction of sp³-hybridized carbons (Fsp3) is 0.625. The molecular formula is C16H21FO2. The Bertz CT molecular complexity index is 440. The van der Waals surface area contributed by atoms with Gasteiger partial charge >= 0.3 is 0 Å². The summed E-state index contributed by atoms with van der Waals surface area (Å²) in [6, 6.07) is 4.41. The Labute approximate surface area is 113 Å². The van der Waals surface area contributed by atoms with Crippen LogP contribution in [0.4, 0.5) is 4.39 Å². The van der Waals surface area contributed by atoms with Crippen LogP contribution in [0.1, 0.15) is 56.6 Å². The van der Waals surface area contributed by atoms with Crippen molar-refractivity contribution in [2.24, 2.45) is 5.92 Å². The zero-order valence-corrected chi connectivity index (χ0v) is 11.1. The van der Waals surface area contributed by atoms with Crippen molar-refractivity contribution < 1.29 is 14.2 Å². The molecule has 1 fully saturated rings. The Kier molecular flexibility index (Phi) is 3.74. The normalized spacial score (nSPS) is 27.7. The first-order valence-electron chi connectivity index (χ1n) is 7.36. The second-order valence-corrected chi connectivity index (χ2v) is 5.91. The highest BCUT2D eigenvalue weighted by Gasteiger charge is 2.29. The van der Waals surface area contributed by atoms with E-state index in [2.05, 4.69) is 0 Å². The van der Waals surface area contributed by atoms with Gasteiger partial charge in [-0.15, -0.1) is 0 Å². The molecule has 3 heteroatoms. The number of hydrogen-bond acceptors (Lipinski definition) is 2. The molecule has 0 radical (unpaired) electrons. The Morgan fingerprint density at radius 3 is 2.79 bits per heavy atom. The maximum absolute atomic E-state index is 13.2. The molecule has 0 saturated heterocycles. The average Bonchev–Trinajstić information content (AvgIpc) is 2.39. The summed E-state index contributed by atoms with van der Waals surface area (Å²) in [6.45, 7) is 0. The number of hydrogen-bond donors (Lipinski definition) is 1. The summed E-state index contributed by atoms with van der Waals surface area (Å²) in [6.07, 6.45) is 7.65. The molecule has 0 aromatic heterocycles. The van der Waals surface area contributed by atoms with Crippen LogP contribution in [0.25, 0.3) is 0 Å². The summed E-state index contributed by atoms with van der Waals surface area (Å²) in [5.74, 6) is 0.935. The van der Waals surface area contributed by atoms with Crippen molar-refractivity contribution in [3.63, 3.8) is 0 Å². The molecule has 1 unspecified atom stereocenters. The number of aliphatic hydroxyl groups excluding tert-OH is 1. The highest BCUT2D eigenvalue weighted by Crippen LogP contribution is 2.38. The van der Waals surface area contributed by atoms with Crippen molar-refractivity contribution in [1.82, 2.24) is 0 Å². The van der Waals surface area contributed by atoms with Gasteiger partial charge in [0.1, 0.15) is 17.7 Å². The van der Waals surface area contributed by atoms with Gasteiger partial charge in [0, 0.05) is 18.1 Å². The van der Waals surface area contributed by atoms with Crippen LogP contribution in [-0.4, -0.2) is 11.2 Å². The number of aliphatic hydroxyl groups is 1. The topological polar surface area (TPSA) is 29.5 Å². The van der Waals surface area contributed by atoms with Crippen molar-refractivity contribution in [3.8, 4) is 5.75 Å². The zero-order valence-electron chi connectivity index (χ0n) is 11.1. The van der Waals surface area contributed by atoms with Gasteiger partial charge in [-0.3, -0.25) is 0 Å². The van der Waals surface area contributed by atoms with Crippen LogP contribution >= 0.6 is 0 Å². The summed E-state index contributed by atoms with van der Waals surface area (Å²) in [5, 5.41) is 10.1. The first kappa shape index (κ1) is 12.9. The van der Waals surface area contributed by atoms with Crippen LogP contribution in [0.5, 0.6) is 5.75 Å². The number of halogens is 1. The van der Waals surface area contributed by atoms with E-state index in [4.69, 9.17) is 4.74 Å². The van der Waals surface area contributed by atoms with Gasteiger partial charge < -0.3 is 9.84 Å². The van der Waals surface area contributed by atoms with Crippen LogP contribution in [0.2, 0.25) is 0 Å². The van der Waals surface area contributed by atoms with E-state index in [1.54, 1.807) is 6.07 Å². The summed E-state index contributed by atoms with van der Waals surface area (Å²) in [7, 11) is 0. The van der Waals surface area contributed by atoms with Gasteiger partial charge in [0.25, 0.3) is 0 Å². The van der Waals surface area contributed by atoms with Crippen molar-refractivity contribution in [3.05, 3.63) is 29.6 Å². The van der Waals surface area contributed by atoms with Gasteiger partial charge in [-0.2, -0.15) is 0 Å². The molecule has 2 aliphatic rings. The second kappa shape index (κ2) is 5.49. The van der Waals surface area contributed by atoms with E-state index < -0.39 is 6.10 Å². The SMILES string of the molecule is O[C@@H]1CC(CC2CCCCC2)Oc2cc(F)ccc21. The molecule has 1 saturated carbocycles. The van der Waals surface area contributed by atoms with E-state index in [0.29, 0.717) is 18.1 Å². The maximum Gasteiger partial charge on any atom is 0.128 e. The van der Waals surface area contributed by atoms with Gasteiger partial charge in [0.15, 0.2) is 0 Å². The van der Waals surface area contributed by atoms with E-state index in [1.807, 2.05) is 0 Å². The number of rotatable bonds is 2. The summed E-state index contributed by atoms with van der Waals surface area (Å²) in [4.78, 5) is 0. The molecule has 1 N–H and O–H groups in total. The Morgan fingerprint density at radius 2 is 2.00 bits per heavy atom. The molecule has 19 heavy (non-hydrogen) atoms. The zero-order chi connectivity index (χ0) is 13.2. The molecule has 1 aliphatic heterocycles. The van der Waals surface area contributed by atoms with E-state index >= 15 is 0 Å². The molecule has 1 aromatic rings. The van der Waals surface area contributed by atoms with Crippen molar-refractivity contribution >= 4 is 0 Å². The van der Waals surface area contributed by atoms with E-state index in [9.17, 15) is 9.50 Å². The van der Waals surface area contributed by atoms with Gasteiger partial charge in [-0.25, -0.2) is 4.39 Å². The van der Waals surface area contributed by atoms with Crippen molar-refractivity contribution in [2.45, 2.75) is 57.2 Å². The number of ether oxygens (including phenoxy) is 1. The summed E-state index contributed by atoms with van der Waals surface area (Å²) >= 11 is 0. The smallest absolute Gasteiger partial charge is 0.128 e. The van der Waals surface area contributed by atoms with E-state index in [-0.39, 0.29) is 11.9 Å². The maximum atomic E-state index is 13.2. The molecule has 2 atom stereocenters. The van der Waals surface area contributed by atoms with Gasteiger partial charge in [-0.05, 0) is 24.5 Å². The monoisotopic (exact) mass is 264 g/mol. The van der Waals surface area contributed by atoms with Crippen molar-refractivity contribution in [1.29, 1.82) is 0 Å². The first-order chi connectivity index (χ1) is 9.22. The van der Waals surface area contributed by atoms with E-state index in [0.717, 1.165) is 12.0 Å². The Morgan fingerprint density at radius 1 is 1.21 bits per heavy atom. The fourth-order valence-electron chi connectivity index (χ4n) is 3.43. The van der Waals surface area contributed by atoms with Crippen molar-refractivity contribution in [2.75, 3.05) is 0 Å². The molecule has 0 amide bonds. The lowest BCUT2D eigenvalue weighted by molar-refractivity contribution is 0.0491.